The molecule has 0 heterocycles. The number of ether oxygens (including phenoxy) is 1. The largest absolute Gasteiger partial charge is 0.388 e. The normalized spacial score (nSPS) is 7.56. The summed E-state index contributed by atoms with van der Waals surface area (Å²) in [6, 6.07) is 10.5. The lowest BCUT2D eigenvalue weighted by Gasteiger charge is -2.01. The second-order valence-electron chi connectivity index (χ2n) is 2.97. The molecule has 16 heavy (non-hydrogen) atoms. The molecule has 1 rings (SSSR count). The lowest BCUT2D eigenvalue weighted by atomic mass is 10.0. The molecular weight excluding hydrogens is 220 g/mol. The fraction of sp³-hybridized carbons (Fsp3) is 0.571. The minimum atomic E-state index is 0.659. The summed E-state index contributed by atoms with van der Waals surface area (Å²) < 4.78 is 4.25. The van der Waals surface area contributed by atoms with E-state index in [1.165, 1.54) is 11.9 Å². The number of hydrogen-bond donors (Lipinski definition) is 0. The molecule has 0 saturated heterocycles. The Bertz CT molecular complexity index is 185. The van der Waals surface area contributed by atoms with Crippen LogP contribution in [0.3, 0.4) is 0 Å². The van der Waals surface area contributed by atoms with Gasteiger partial charge in [0.05, 0.1) is 0 Å². The van der Waals surface area contributed by atoms with E-state index < -0.39 is 0 Å². The lowest BCUT2D eigenvalue weighted by Crippen LogP contribution is -1.83. The number of methoxy groups -OCH3 is 1. The van der Waals surface area contributed by atoms with Crippen molar-refractivity contribution in [3.05, 3.63) is 35.9 Å². The lowest BCUT2D eigenvalue weighted by molar-refractivity contribution is 0.277. The molecule has 0 radical (unpaired) electrons. The summed E-state index contributed by atoms with van der Waals surface area (Å²) in [6.07, 6.45) is 1.47. The highest BCUT2D eigenvalue weighted by Crippen LogP contribution is 2.11. The van der Waals surface area contributed by atoms with Gasteiger partial charge < -0.3 is 4.74 Å². The fourth-order valence-electron chi connectivity index (χ4n) is 0.838. The second kappa shape index (κ2) is 20.0. The van der Waals surface area contributed by atoms with Gasteiger partial charge in [0, 0.05) is 20.6 Å². The Balaban J connectivity index is -0.000000206. The van der Waals surface area contributed by atoms with Crippen LogP contribution < -0.4 is 0 Å². The van der Waals surface area contributed by atoms with Gasteiger partial charge in [0.15, 0.2) is 0 Å². The smallest absolute Gasteiger partial charge is 0.0351 e. The Labute approximate surface area is 107 Å². The Hall–Kier alpha value is -0.530. The molecule has 0 atom stereocenters. The van der Waals surface area contributed by atoms with E-state index >= 15 is 0 Å². The zero-order valence-corrected chi connectivity index (χ0v) is 12.5. The van der Waals surface area contributed by atoms with Gasteiger partial charge in [0.2, 0.25) is 0 Å². The standard InChI is InChI=1S/C9H12.C2H6O.C2H6.CH3Cl/c1-8(2)9-6-4-3-5-7-9;1-3-2;2*1-2/h3-8H,1-2H3;1-2H3;1-2H3;1H3. The first kappa shape index (κ1) is 20.8. The molecule has 0 bridgehead atoms. The quantitative estimate of drug-likeness (QED) is 0.637. The van der Waals surface area contributed by atoms with Crippen molar-refractivity contribution in [2.24, 2.45) is 0 Å². The number of hydrogen-bond acceptors (Lipinski definition) is 1. The minimum Gasteiger partial charge on any atom is -0.388 e. The molecule has 0 aliphatic heterocycles. The topological polar surface area (TPSA) is 9.23 Å². The predicted molar refractivity (Wildman–Crippen MR) is 76.6 cm³/mol. The van der Waals surface area contributed by atoms with Gasteiger partial charge in [-0.3, -0.25) is 0 Å². The van der Waals surface area contributed by atoms with Gasteiger partial charge in [0.25, 0.3) is 0 Å². The predicted octanol–water partition coefficient (Wildman–Crippen LogP) is 4.95. The van der Waals surface area contributed by atoms with Gasteiger partial charge in [-0.25, -0.2) is 0 Å². The molecule has 0 aliphatic rings. The van der Waals surface area contributed by atoms with Gasteiger partial charge in [0.1, 0.15) is 0 Å². The third-order valence-corrected chi connectivity index (χ3v) is 1.47. The van der Waals surface area contributed by atoms with Crippen LogP contribution in [0.2, 0.25) is 0 Å². The maximum atomic E-state index is 4.64. The molecule has 1 aromatic rings. The molecule has 2 heteroatoms. The second-order valence-corrected chi connectivity index (χ2v) is 2.97. The maximum absolute atomic E-state index is 4.64. The Morgan fingerprint density at radius 1 is 0.938 bits per heavy atom. The van der Waals surface area contributed by atoms with Gasteiger partial charge in [-0.1, -0.05) is 58.0 Å². The Morgan fingerprint density at radius 2 is 1.25 bits per heavy atom. The van der Waals surface area contributed by atoms with E-state index in [0.717, 1.165) is 0 Å². The van der Waals surface area contributed by atoms with E-state index in [2.05, 4.69) is 54.5 Å². The molecule has 1 nitrogen and oxygen atoms in total. The molecular formula is C14H27ClO. The molecule has 0 fully saturated rings. The first-order valence-corrected chi connectivity index (χ1v) is 6.30. The van der Waals surface area contributed by atoms with Crippen molar-refractivity contribution >= 4 is 11.6 Å². The summed E-state index contributed by atoms with van der Waals surface area (Å²) >= 11 is 4.64. The van der Waals surface area contributed by atoms with Crippen molar-refractivity contribution in [3.8, 4) is 0 Å². The van der Waals surface area contributed by atoms with Crippen LogP contribution >= 0.6 is 11.6 Å². The highest BCUT2D eigenvalue weighted by atomic mass is 35.5. The fourth-order valence-corrected chi connectivity index (χ4v) is 0.838. The van der Waals surface area contributed by atoms with Gasteiger partial charge in [-0.05, 0) is 11.5 Å². The van der Waals surface area contributed by atoms with E-state index in [-0.39, 0.29) is 0 Å². The van der Waals surface area contributed by atoms with E-state index in [4.69, 9.17) is 0 Å². The first-order valence-electron chi connectivity index (χ1n) is 5.55. The summed E-state index contributed by atoms with van der Waals surface area (Å²) in [7, 11) is 3.25. The molecule has 0 N–H and O–H groups in total. The van der Waals surface area contributed by atoms with E-state index in [9.17, 15) is 0 Å². The van der Waals surface area contributed by atoms with Crippen molar-refractivity contribution in [3.63, 3.8) is 0 Å². The minimum absolute atomic E-state index is 0.659. The Kier molecular flexibility index (Phi) is 26.0. The average molecular weight is 247 g/mol. The monoisotopic (exact) mass is 246 g/mol. The van der Waals surface area contributed by atoms with Gasteiger partial charge in [-0.2, -0.15) is 0 Å². The first-order chi connectivity index (χ1) is 7.72. The summed E-state index contributed by atoms with van der Waals surface area (Å²) in [5.41, 5.74) is 1.41. The van der Waals surface area contributed by atoms with Crippen LogP contribution in [0.25, 0.3) is 0 Å². The van der Waals surface area contributed by atoms with Crippen molar-refractivity contribution < 1.29 is 4.74 Å². The van der Waals surface area contributed by atoms with Crippen molar-refractivity contribution in [1.29, 1.82) is 0 Å². The van der Waals surface area contributed by atoms with Crippen LogP contribution in [-0.4, -0.2) is 20.6 Å². The molecule has 0 unspecified atom stereocenters. The van der Waals surface area contributed by atoms with E-state index in [1.807, 2.05) is 19.9 Å². The van der Waals surface area contributed by atoms with E-state index in [1.54, 1.807) is 14.2 Å². The zero-order chi connectivity index (χ0) is 13.4. The molecule has 0 spiro atoms. The highest BCUT2D eigenvalue weighted by molar-refractivity contribution is 6.15. The molecule has 1 aromatic carbocycles. The van der Waals surface area contributed by atoms with Crippen LogP contribution in [0.5, 0.6) is 0 Å². The van der Waals surface area contributed by atoms with Crippen LogP contribution in [0.4, 0.5) is 0 Å². The van der Waals surface area contributed by atoms with E-state index in [0.29, 0.717) is 5.92 Å². The maximum Gasteiger partial charge on any atom is 0.0351 e. The number of halogens is 1. The molecule has 0 aromatic heterocycles. The molecule has 0 aliphatic carbocycles. The SMILES string of the molecule is CC.CC(C)c1ccccc1.CCl.COC. The van der Waals surface area contributed by atoms with Crippen molar-refractivity contribution in [1.82, 2.24) is 0 Å². The van der Waals surface area contributed by atoms with Crippen LogP contribution in [0.15, 0.2) is 30.3 Å². The zero-order valence-electron chi connectivity index (χ0n) is 11.8. The van der Waals surface area contributed by atoms with Gasteiger partial charge in [-0.15, -0.1) is 11.6 Å². The summed E-state index contributed by atoms with van der Waals surface area (Å²) in [4.78, 5) is 0. The Morgan fingerprint density at radius 3 is 1.44 bits per heavy atom. The van der Waals surface area contributed by atoms with Crippen LogP contribution in [0, 0.1) is 0 Å². The summed E-state index contributed by atoms with van der Waals surface area (Å²) in [5, 5.41) is 0. The van der Waals surface area contributed by atoms with Crippen LogP contribution in [0.1, 0.15) is 39.2 Å². The van der Waals surface area contributed by atoms with Crippen LogP contribution in [-0.2, 0) is 4.74 Å². The van der Waals surface area contributed by atoms with Gasteiger partial charge >= 0.3 is 0 Å². The highest BCUT2D eigenvalue weighted by Gasteiger charge is 1.93. The molecule has 96 valence electrons. The summed E-state index contributed by atoms with van der Waals surface area (Å²) in [6.45, 7) is 8.41. The van der Waals surface area contributed by atoms with Crippen molar-refractivity contribution in [2.45, 2.75) is 33.6 Å². The van der Waals surface area contributed by atoms with Crippen molar-refractivity contribution in [2.75, 3.05) is 20.6 Å². The number of alkyl halides is 1. The number of rotatable bonds is 1. The molecule has 0 amide bonds. The third-order valence-electron chi connectivity index (χ3n) is 1.47. The third kappa shape index (κ3) is 15.9. The summed E-state index contributed by atoms with van der Waals surface area (Å²) in [5.74, 6) is 0.659. The number of benzene rings is 1. The average Bonchev–Trinajstić information content (AvgIpc) is 2.36. The molecule has 0 saturated carbocycles.